The third-order valence-corrected chi connectivity index (χ3v) is 2.21. The maximum Gasteiger partial charge on any atom is 0.221 e. The predicted octanol–water partition coefficient (Wildman–Crippen LogP) is 1.23. The lowest BCUT2D eigenvalue weighted by atomic mass is 10.4. The van der Waals surface area contributed by atoms with Gasteiger partial charge in [-0.05, 0) is 13.0 Å². The summed E-state index contributed by atoms with van der Waals surface area (Å²) >= 11 is 0. The molecule has 0 atom stereocenters. The minimum Gasteiger partial charge on any atom is -0.355 e. The minimum absolute atomic E-state index is 0. The summed E-state index contributed by atoms with van der Waals surface area (Å²) in [5, 5.41) is 6.10. The SMILES string of the molecule is CCCNCCNC(=O)CCn1ccnc1.Cl.Cl. The number of aryl methyl sites for hydroxylation is 1. The highest BCUT2D eigenvalue weighted by Crippen LogP contribution is 1.89. The van der Waals surface area contributed by atoms with Crippen LogP contribution in [0, 0.1) is 0 Å². The predicted molar refractivity (Wildman–Crippen MR) is 77.5 cm³/mol. The van der Waals surface area contributed by atoms with Crippen LogP contribution in [0.4, 0.5) is 0 Å². The second-order valence-corrected chi connectivity index (χ2v) is 3.65. The van der Waals surface area contributed by atoms with Gasteiger partial charge in [-0.25, -0.2) is 4.98 Å². The van der Waals surface area contributed by atoms with Crippen molar-refractivity contribution in [2.75, 3.05) is 19.6 Å². The molecule has 0 fully saturated rings. The summed E-state index contributed by atoms with van der Waals surface area (Å²) in [4.78, 5) is 15.3. The molecule has 7 heteroatoms. The molecule has 106 valence electrons. The molecule has 1 rings (SSSR count). The van der Waals surface area contributed by atoms with Gasteiger partial charge in [0.25, 0.3) is 0 Å². The molecule has 1 aromatic rings. The van der Waals surface area contributed by atoms with Crippen LogP contribution in [0.2, 0.25) is 0 Å². The summed E-state index contributed by atoms with van der Waals surface area (Å²) < 4.78 is 1.90. The van der Waals surface area contributed by atoms with Crippen molar-refractivity contribution in [3.63, 3.8) is 0 Å². The molecule has 1 aromatic heterocycles. The van der Waals surface area contributed by atoms with Crippen LogP contribution in [0.3, 0.4) is 0 Å². The molecule has 5 nitrogen and oxygen atoms in total. The van der Waals surface area contributed by atoms with E-state index in [2.05, 4.69) is 22.5 Å². The summed E-state index contributed by atoms with van der Waals surface area (Å²) in [5.74, 6) is 0.0898. The third kappa shape index (κ3) is 9.27. The molecule has 2 N–H and O–H groups in total. The second-order valence-electron chi connectivity index (χ2n) is 3.65. The van der Waals surface area contributed by atoms with Gasteiger partial charge in [-0.1, -0.05) is 6.92 Å². The third-order valence-electron chi connectivity index (χ3n) is 2.21. The van der Waals surface area contributed by atoms with Crippen LogP contribution in [-0.2, 0) is 11.3 Å². The van der Waals surface area contributed by atoms with Crippen LogP contribution >= 0.6 is 24.8 Å². The number of carbonyl (C=O) groups excluding carboxylic acids is 1. The number of nitrogens with one attached hydrogen (secondary N) is 2. The van der Waals surface area contributed by atoms with E-state index in [0.29, 0.717) is 19.5 Å². The number of hydrogen-bond donors (Lipinski definition) is 2. The summed E-state index contributed by atoms with van der Waals surface area (Å²) in [6.07, 6.45) is 6.91. The zero-order chi connectivity index (χ0) is 11.6. The summed E-state index contributed by atoms with van der Waals surface area (Å²) in [7, 11) is 0. The van der Waals surface area contributed by atoms with Crippen LogP contribution in [-0.4, -0.2) is 35.1 Å². The normalized spacial score (nSPS) is 9.17. The lowest BCUT2D eigenvalue weighted by Gasteiger charge is -2.06. The highest BCUT2D eigenvalue weighted by Gasteiger charge is 2.00. The Labute approximate surface area is 121 Å². The minimum atomic E-state index is 0. The molecule has 0 aliphatic carbocycles. The number of carbonyl (C=O) groups is 1. The van der Waals surface area contributed by atoms with Crippen LogP contribution in [0.15, 0.2) is 18.7 Å². The van der Waals surface area contributed by atoms with Crippen molar-refractivity contribution in [1.82, 2.24) is 20.2 Å². The number of aromatic nitrogens is 2. The van der Waals surface area contributed by atoms with E-state index in [4.69, 9.17) is 0 Å². The first-order valence-electron chi connectivity index (χ1n) is 5.76. The Morgan fingerprint density at radius 3 is 2.67 bits per heavy atom. The average Bonchev–Trinajstić information content (AvgIpc) is 2.79. The highest BCUT2D eigenvalue weighted by molar-refractivity contribution is 5.85. The molecular formula is C11H22Cl2N4O. The molecule has 0 aliphatic heterocycles. The summed E-state index contributed by atoms with van der Waals surface area (Å²) in [6.45, 7) is 5.35. The van der Waals surface area contributed by atoms with E-state index < -0.39 is 0 Å². The van der Waals surface area contributed by atoms with Crippen molar-refractivity contribution < 1.29 is 4.79 Å². The van der Waals surface area contributed by atoms with E-state index in [9.17, 15) is 4.79 Å². The monoisotopic (exact) mass is 296 g/mol. The number of halogens is 2. The van der Waals surface area contributed by atoms with Gasteiger partial charge in [0.2, 0.25) is 5.91 Å². The number of rotatable bonds is 8. The number of amides is 1. The van der Waals surface area contributed by atoms with E-state index in [1.807, 2.05) is 10.8 Å². The van der Waals surface area contributed by atoms with E-state index in [1.165, 1.54) is 0 Å². The molecule has 1 heterocycles. The van der Waals surface area contributed by atoms with Crippen LogP contribution in [0.25, 0.3) is 0 Å². The van der Waals surface area contributed by atoms with Crippen LogP contribution < -0.4 is 10.6 Å². The Morgan fingerprint density at radius 1 is 1.28 bits per heavy atom. The number of imidazole rings is 1. The fourth-order valence-electron chi connectivity index (χ4n) is 1.33. The van der Waals surface area contributed by atoms with Crippen molar-refractivity contribution in [1.29, 1.82) is 0 Å². The van der Waals surface area contributed by atoms with Crippen LogP contribution in [0.1, 0.15) is 19.8 Å². The lowest BCUT2D eigenvalue weighted by Crippen LogP contribution is -2.32. The van der Waals surface area contributed by atoms with Crippen molar-refractivity contribution in [2.45, 2.75) is 26.3 Å². The molecule has 0 bridgehead atoms. The summed E-state index contributed by atoms with van der Waals surface area (Å²) in [6, 6.07) is 0. The zero-order valence-electron chi connectivity index (χ0n) is 10.6. The Balaban J connectivity index is 0. The first kappa shape index (κ1) is 19.6. The molecule has 0 aliphatic rings. The first-order valence-corrected chi connectivity index (χ1v) is 5.76. The fourth-order valence-corrected chi connectivity index (χ4v) is 1.33. The largest absolute Gasteiger partial charge is 0.355 e. The van der Waals surface area contributed by atoms with Gasteiger partial charge in [-0.2, -0.15) is 0 Å². The Hall–Kier alpha value is -0.780. The van der Waals surface area contributed by atoms with Crippen molar-refractivity contribution in [2.24, 2.45) is 0 Å². The Kier molecular flexibility index (Phi) is 13.8. The topological polar surface area (TPSA) is 58.9 Å². The molecule has 0 unspecified atom stereocenters. The van der Waals surface area contributed by atoms with Gasteiger partial charge in [0.15, 0.2) is 0 Å². The molecule has 0 radical (unpaired) electrons. The van der Waals surface area contributed by atoms with Crippen molar-refractivity contribution >= 4 is 30.7 Å². The maximum atomic E-state index is 11.4. The highest BCUT2D eigenvalue weighted by atomic mass is 35.5. The molecule has 18 heavy (non-hydrogen) atoms. The molecule has 0 aromatic carbocycles. The Bertz CT molecular complexity index is 293. The number of nitrogens with zero attached hydrogens (tertiary/aromatic N) is 2. The summed E-state index contributed by atoms with van der Waals surface area (Å²) in [5.41, 5.74) is 0. The smallest absolute Gasteiger partial charge is 0.221 e. The first-order chi connectivity index (χ1) is 7.83. The van der Waals surface area contributed by atoms with Gasteiger partial charge in [-0.3, -0.25) is 4.79 Å². The van der Waals surface area contributed by atoms with Gasteiger partial charge in [0, 0.05) is 38.4 Å². The van der Waals surface area contributed by atoms with Crippen molar-refractivity contribution in [3.05, 3.63) is 18.7 Å². The number of hydrogen-bond acceptors (Lipinski definition) is 3. The van der Waals surface area contributed by atoms with Gasteiger partial charge in [0.05, 0.1) is 6.33 Å². The zero-order valence-corrected chi connectivity index (χ0v) is 12.2. The van der Waals surface area contributed by atoms with E-state index in [-0.39, 0.29) is 30.7 Å². The molecular weight excluding hydrogens is 275 g/mol. The lowest BCUT2D eigenvalue weighted by molar-refractivity contribution is -0.121. The Morgan fingerprint density at radius 2 is 2.06 bits per heavy atom. The van der Waals surface area contributed by atoms with E-state index in [0.717, 1.165) is 19.5 Å². The van der Waals surface area contributed by atoms with Gasteiger partial charge >= 0.3 is 0 Å². The standard InChI is InChI=1S/C11H20N4O.2ClH/c1-2-4-12-5-6-14-11(16)3-8-15-9-7-13-10-15;;/h7,9-10,12H,2-6,8H2,1H3,(H,14,16);2*1H. The van der Waals surface area contributed by atoms with E-state index in [1.54, 1.807) is 12.5 Å². The van der Waals surface area contributed by atoms with Gasteiger partial charge in [0.1, 0.15) is 0 Å². The van der Waals surface area contributed by atoms with Crippen molar-refractivity contribution in [3.8, 4) is 0 Å². The molecule has 1 amide bonds. The molecule has 0 saturated carbocycles. The fraction of sp³-hybridized carbons (Fsp3) is 0.636. The molecule has 0 spiro atoms. The molecule has 0 saturated heterocycles. The maximum absolute atomic E-state index is 11.4. The van der Waals surface area contributed by atoms with Crippen LogP contribution in [0.5, 0.6) is 0 Å². The van der Waals surface area contributed by atoms with Gasteiger partial charge in [-0.15, -0.1) is 24.8 Å². The average molecular weight is 297 g/mol. The quantitative estimate of drug-likeness (QED) is 0.710. The second kappa shape index (κ2) is 12.7. The van der Waals surface area contributed by atoms with Gasteiger partial charge < -0.3 is 15.2 Å². The van der Waals surface area contributed by atoms with E-state index >= 15 is 0 Å².